The summed E-state index contributed by atoms with van der Waals surface area (Å²) in [5.74, 6) is 0.828. The van der Waals surface area contributed by atoms with Crippen molar-refractivity contribution in [2.24, 2.45) is 11.7 Å². The lowest BCUT2D eigenvalue weighted by molar-refractivity contribution is 0.222. The molecule has 1 aromatic carbocycles. The van der Waals surface area contributed by atoms with Crippen molar-refractivity contribution in [3.63, 3.8) is 0 Å². The van der Waals surface area contributed by atoms with Gasteiger partial charge in [0, 0.05) is 25.3 Å². The first kappa shape index (κ1) is 15.3. The van der Waals surface area contributed by atoms with Crippen molar-refractivity contribution in [1.29, 1.82) is 0 Å². The molecule has 0 aliphatic carbocycles. The third-order valence-corrected chi connectivity index (χ3v) is 4.57. The Hall–Kier alpha value is -1.06. The van der Waals surface area contributed by atoms with E-state index in [1.165, 1.54) is 37.2 Å². The molecule has 3 nitrogen and oxygen atoms in total. The lowest BCUT2D eigenvalue weighted by Crippen LogP contribution is -2.35. The van der Waals surface area contributed by atoms with Crippen molar-refractivity contribution in [2.45, 2.75) is 32.2 Å². The Labute approximate surface area is 123 Å². The lowest BCUT2D eigenvalue weighted by Gasteiger charge is -2.32. The Morgan fingerprint density at radius 3 is 2.40 bits per heavy atom. The highest BCUT2D eigenvalue weighted by Crippen LogP contribution is 2.22. The minimum atomic E-state index is 0.170. The van der Waals surface area contributed by atoms with Crippen LogP contribution >= 0.6 is 0 Å². The van der Waals surface area contributed by atoms with E-state index in [2.05, 4.69) is 55.1 Å². The van der Waals surface area contributed by atoms with Crippen molar-refractivity contribution >= 4 is 5.69 Å². The first-order valence-corrected chi connectivity index (χ1v) is 7.85. The van der Waals surface area contributed by atoms with Crippen molar-refractivity contribution in [1.82, 2.24) is 4.90 Å². The van der Waals surface area contributed by atoms with E-state index in [-0.39, 0.29) is 6.04 Å². The average molecular weight is 275 g/mol. The van der Waals surface area contributed by atoms with E-state index in [4.69, 9.17) is 5.73 Å². The molecule has 0 saturated carbocycles. The van der Waals surface area contributed by atoms with Crippen LogP contribution in [-0.4, -0.2) is 38.6 Å². The minimum absolute atomic E-state index is 0.170. The molecule has 2 N–H and O–H groups in total. The van der Waals surface area contributed by atoms with Gasteiger partial charge < -0.3 is 15.5 Å². The van der Waals surface area contributed by atoms with Gasteiger partial charge in [-0.3, -0.25) is 0 Å². The van der Waals surface area contributed by atoms with Gasteiger partial charge in [-0.25, -0.2) is 0 Å². The third kappa shape index (κ3) is 3.97. The monoisotopic (exact) mass is 275 g/mol. The van der Waals surface area contributed by atoms with Gasteiger partial charge >= 0.3 is 0 Å². The second-order valence-corrected chi connectivity index (χ2v) is 6.23. The van der Waals surface area contributed by atoms with Crippen LogP contribution in [0.3, 0.4) is 0 Å². The number of piperidine rings is 1. The molecule has 0 amide bonds. The molecule has 20 heavy (non-hydrogen) atoms. The van der Waals surface area contributed by atoms with Gasteiger partial charge in [-0.2, -0.15) is 0 Å². The standard InChI is InChI=1S/C17H29N3/c1-4-17(18)15-5-7-16(8-6-15)20(3)13-14-9-11-19(2)12-10-14/h5-8,14,17H,4,9-13,18H2,1-3H3/t17-/m0/s1. The molecule has 2 rings (SSSR count). The van der Waals surface area contributed by atoms with E-state index in [1.807, 2.05) is 0 Å². The van der Waals surface area contributed by atoms with E-state index in [9.17, 15) is 0 Å². The predicted molar refractivity (Wildman–Crippen MR) is 87.2 cm³/mol. The molecule has 3 heteroatoms. The normalized spacial score (nSPS) is 19.0. The smallest absolute Gasteiger partial charge is 0.0363 e. The molecule has 112 valence electrons. The molecule has 0 spiro atoms. The lowest BCUT2D eigenvalue weighted by atomic mass is 9.96. The first-order valence-electron chi connectivity index (χ1n) is 7.85. The Balaban J connectivity index is 1.90. The molecule has 1 aromatic rings. The van der Waals surface area contributed by atoms with Crippen LogP contribution in [0.25, 0.3) is 0 Å². The largest absolute Gasteiger partial charge is 0.374 e. The number of anilines is 1. The van der Waals surface area contributed by atoms with Crippen molar-refractivity contribution in [3.05, 3.63) is 29.8 Å². The zero-order valence-corrected chi connectivity index (χ0v) is 13.2. The summed E-state index contributed by atoms with van der Waals surface area (Å²) in [7, 11) is 4.42. The average Bonchev–Trinajstić information content (AvgIpc) is 2.49. The topological polar surface area (TPSA) is 32.5 Å². The second-order valence-electron chi connectivity index (χ2n) is 6.23. The zero-order chi connectivity index (χ0) is 14.5. The Kier molecular flexibility index (Phi) is 5.44. The molecule has 0 aromatic heterocycles. The molecule has 1 aliphatic heterocycles. The maximum Gasteiger partial charge on any atom is 0.0363 e. The van der Waals surface area contributed by atoms with Gasteiger partial charge in [0.25, 0.3) is 0 Å². The Morgan fingerprint density at radius 1 is 1.25 bits per heavy atom. The highest BCUT2D eigenvalue weighted by atomic mass is 15.1. The summed E-state index contributed by atoms with van der Waals surface area (Å²) < 4.78 is 0. The fraction of sp³-hybridized carbons (Fsp3) is 0.647. The van der Waals surface area contributed by atoms with Gasteiger partial charge in [-0.15, -0.1) is 0 Å². The highest BCUT2D eigenvalue weighted by Gasteiger charge is 2.18. The highest BCUT2D eigenvalue weighted by molar-refractivity contribution is 5.47. The summed E-state index contributed by atoms with van der Waals surface area (Å²) in [6, 6.07) is 8.94. The van der Waals surface area contributed by atoms with Gasteiger partial charge in [-0.1, -0.05) is 19.1 Å². The molecule has 1 fully saturated rings. The molecular formula is C17H29N3. The molecule has 1 aliphatic rings. The number of nitrogens with two attached hydrogens (primary N) is 1. The number of nitrogens with zero attached hydrogens (tertiary/aromatic N) is 2. The minimum Gasteiger partial charge on any atom is -0.374 e. The second kappa shape index (κ2) is 7.09. The summed E-state index contributed by atoms with van der Waals surface area (Å²) in [5, 5.41) is 0. The Bertz CT molecular complexity index is 393. The summed E-state index contributed by atoms with van der Waals surface area (Å²) >= 11 is 0. The van der Waals surface area contributed by atoms with Crippen molar-refractivity contribution in [3.8, 4) is 0 Å². The van der Waals surface area contributed by atoms with Gasteiger partial charge in [0.1, 0.15) is 0 Å². The number of benzene rings is 1. The van der Waals surface area contributed by atoms with Gasteiger partial charge in [-0.05, 0) is 63.0 Å². The van der Waals surface area contributed by atoms with E-state index in [0.29, 0.717) is 0 Å². The van der Waals surface area contributed by atoms with Crippen LogP contribution in [0.4, 0.5) is 5.69 Å². The Morgan fingerprint density at radius 2 is 1.85 bits per heavy atom. The summed E-state index contributed by atoms with van der Waals surface area (Å²) in [5.41, 5.74) is 8.61. The molecule has 1 atom stereocenters. The summed E-state index contributed by atoms with van der Waals surface area (Å²) in [4.78, 5) is 4.81. The SMILES string of the molecule is CC[C@H](N)c1ccc(N(C)CC2CCN(C)CC2)cc1. The predicted octanol–water partition coefficient (Wildman–Crippen LogP) is 2.87. The van der Waals surface area contributed by atoms with Crippen molar-refractivity contribution in [2.75, 3.05) is 38.6 Å². The van der Waals surface area contributed by atoms with Crippen LogP contribution in [0.15, 0.2) is 24.3 Å². The summed E-state index contributed by atoms with van der Waals surface area (Å²) in [6.45, 7) is 5.77. The van der Waals surface area contributed by atoms with Crippen LogP contribution in [0.5, 0.6) is 0 Å². The van der Waals surface area contributed by atoms with E-state index in [0.717, 1.165) is 18.9 Å². The first-order chi connectivity index (χ1) is 9.60. The fourth-order valence-electron chi connectivity index (χ4n) is 2.95. The summed E-state index contributed by atoms with van der Waals surface area (Å²) in [6.07, 6.45) is 3.63. The molecule has 0 radical (unpaired) electrons. The zero-order valence-electron chi connectivity index (χ0n) is 13.2. The maximum absolute atomic E-state index is 6.06. The van der Waals surface area contributed by atoms with E-state index in [1.54, 1.807) is 0 Å². The third-order valence-electron chi connectivity index (χ3n) is 4.57. The number of hydrogen-bond donors (Lipinski definition) is 1. The van der Waals surface area contributed by atoms with Gasteiger partial charge in [0.2, 0.25) is 0 Å². The molecule has 0 unspecified atom stereocenters. The van der Waals surface area contributed by atoms with Gasteiger partial charge in [0.15, 0.2) is 0 Å². The number of rotatable bonds is 5. The quantitative estimate of drug-likeness (QED) is 0.897. The van der Waals surface area contributed by atoms with Crippen LogP contribution in [0.2, 0.25) is 0 Å². The van der Waals surface area contributed by atoms with E-state index < -0.39 is 0 Å². The van der Waals surface area contributed by atoms with E-state index >= 15 is 0 Å². The van der Waals surface area contributed by atoms with Crippen molar-refractivity contribution < 1.29 is 0 Å². The molecule has 1 heterocycles. The number of likely N-dealkylation sites (tertiary alicyclic amines) is 1. The van der Waals surface area contributed by atoms with Gasteiger partial charge in [0.05, 0.1) is 0 Å². The maximum atomic E-state index is 6.06. The number of hydrogen-bond acceptors (Lipinski definition) is 3. The fourth-order valence-corrected chi connectivity index (χ4v) is 2.95. The van der Waals surface area contributed by atoms with Crippen LogP contribution in [-0.2, 0) is 0 Å². The van der Waals surface area contributed by atoms with Crippen LogP contribution in [0, 0.1) is 5.92 Å². The van der Waals surface area contributed by atoms with Crippen LogP contribution < -0.4 is 10.6 Å². The molecule has 1 saturated heterocycles. The molecular weight excluding hydrogens is 246 g/mol. The molecule has 0 bridgehead atoms. The van der Waals surface area contributed by atoms with Crippen LogP contribution in [0.1, 0.15) is 37.8 Å².